The Morgan fingerprint density at radius 2 is 1.89 bits per heavy atom. The molecular weight excluding hydrogens is 432 g/mol. The van der Waals surface area contributed by atoms with Crippen LogP contribution in [0.2, 0.25) is 0 Å². The number of nitro benzene ring substituents is 1. The van der Waals surface area contributed by atoms with E-state index in [2.05, 4.69) is 21.2 Å². The maximum Gasteiger partial charge on any atom is 0.276 e. The Balaban J connectivity index is 1.86. The second-order valence-corrected chi connectivity index (χ2v) is 6.66. The summed E-state index contributed by atoms with van der Waals surface area (Å²) in [6, 6.07) is 10.2. The standard InChI is InChI=1S/C19H21BrN2O6/c1-26-17-10-13(16(22(24)25)12-18(17)27-2)6-8-21-19(23)7-9-28-15-5-3-4-14(20)11-15/h3-5,10-12H,6-9H2,1-2H3,(H,21,23). The zero-order chi connectivity index (χ0) is 20.5. The van der Waals surface area contributed by atoms with Crippen LogP contribution in [0, 0.1) is 10.1 Å². The Kier molecular flexibility index (Phi) is 8.06. The first-order valence-electron chi connectivity index (χ1n) is 8.49. The molecule has 0 aliphatic rings. The molecule has 0 unspecified atom stereocenters. The van der Waals surface area contributed by atoms with Gasteiger partial charge in [-0.2, -0.15) is 0 Å². The summed E-state index contributed by atoms with van der Waals surface area (Å²) < 4.78 is 16.7. The summed E-state index contributed by atoms with van der Waals surface area (Å²) in [6.45, 7) is 0.491. The molecule has 0 aliphatic heterocycles. The minimum atomic E-state index is -0.481. The van der Waals surface area contributed by atoms with Gasteiger partial charge in [-0.05, 0) is 30.7 Å². The van der Waals surface area contributed by atoms with Gasteiger partial charge in [0.1, 0.15) is 5.75 Å². The van der Waals surface area contributed by atoms with Crippen molar-refractivity contribution in [1.29, 1.82) is 0 Å². The Bertz CT molecular complexity index is 843. The van der Waals surface area contributed by atoms with Crippen LogP contribution < -0.4 is 19.5 Å². The molecule has 1 N–H and O–H groups in total. The highest BCUT2D eigenvalue weighted by Gasteiger charge is 2.19. The molecule has 0 radical (unpaired) electrons. The fourth-order valence-electron chi connectivity index (χ4n) is 2.52. The highest BCUT2D eigenvalue weighted by atomic mass is 79.9. The molecule has 0 bridgehead atoms. The van der Waals surface area contributed by atoms with Crippen LogP contribution in [0.4, 0.5) is 5.69 Å². The van der Waals surface area contributed by atoms with E-state index in [1.54, 1.807) is 12.1 Å². The first-order valence-corrected chi connectivity index (χ1v) is 9.28. The number of methoxy groups -OCH3 is 2. The van der Waals surface area contributed by atoms with Crippen molar-refractivity contribution in [1.82, 2.24) is 5.32 Å². The van der Waals surface area contributed by atoms with Gasteiger partial charge < -0.3 is 19.5 Å². The lowest BCUT2D eigenvalue weighted by Crippen LogP contribution is -2.27. The van der Waals surface area contributed by atoms with Crippen LogP contribution in [0.25, 0.3) is 0 Å². The van der Waals surface area contributed by atoms with E-state index in [0.717, 1.165) is 4.47 Å². The van der Waals surface area contributed by atoms with Crippen molar-refractivity contribution in [3.8, 4) is 17.2 Å². The van der Waals surface area contributed by atoms with Crippen LogP contribution in [-0.4, -0.2) is 38.2 Å². The van der Waals surface area contributed by atoms with E-state index in [0.29, 0.717) is 17.1 Å². The molecule has 2 aromatic rings. The van der Waals surface area contributed by atoms with Gasteiger partial charge in [0.2, 0.25) is 5.91 Å². The first-order chi connectivity index (χ1) is 13.4. The lowest BCUT2D eigenvalue weighted by molar-refractivity contribution is -0.385. The van der Waals surface area contributed by atoms with Crippen molar-refractivity contribution in [2.75, 3.05) is 27.4 Å². The molecule has 0 saturated carbocycles. The number of halogens is 1. The largest absolute Gasteiger partial charge is 0.493 e. The Morgan fingerprint density at radius 3 is 2.54 bits per heavy atom. The molecule has 9 heteroatoms. The summed E-state index contributed by atoms with van der Waals surface area (Å²) >= 11 is 3.35. The zero-order valence-electron chi connectivity index (χ0n) is 15.6. The van der Waals surface area contributed by atoms with E-state index in [4.69, 9.17) is 14.2 Å². The molecule has 150 valence electrons. The van der Waals surface area contributed by atoms with Crippen LogP contribution in [0.3, 0.4) is 0 Å². The second-order valence-electron chi connectivity index (χ2n) is 5.75. The number of nitrogens with zero attached hydrogens (tertiary/aromatic N) is 1. The number of amides is 1. The molecule has 2 rings (SSSR count). The molecule has 2 aromatic carbocycles. The molecule has 0 aliphatic carbocycles. The second kappa shape index (κ2) is 10.5. The molecular formula is C19H21BrN2O6. The SMILES string of the molecule is COc1cc(CCNC(=O)CCOc2cccc(Br)c2)c([N+](=O)[O-])cc1OC. The Hall–Kier alpha value is -2.81. The summed E-state index contributed by atoms with van der Waals surface area (Å²) in [5, 5.41) is 14.0. The maximum absolute atomic E-state index is 12.0. The number of carbonyl (C=O) groups is 1. The molecule has 0 atom stereocenters. The highest BCUT2D eigenvalue weighted by Crippen LogP contribution is 2.34. The number of rotatable bonds is 10. The molecule has 0 fully saturated rings. The van der Waals surface area contributed by atoms with E-state index in [-0.39, 0.29) is 43.3 Å². The number of benzene rings is 2. The predicted octanol–water partition coefficient (Wildman–Crippen LogP) is 3.50. The zero-order valence-corrected chi connectivity index (χ0v) is 17.2. The highest BCUT2D eigenvalue weighted by molar-refractivity contribution is 9.10. The number of nitro groups is 1. The molecule has 0 heterocycles. The van der Waals surface area contributed by atoms with Crippen molar-refractivity contribution in [3.63, 3.8) is 0 Å². The van der Waals surface area contributed by atoms with Crippen molar-refractivity contribution in [3.05, 3.63) is 56.5 Å². The van der Waals surface area contributed by atoms with Crippen LogP contribution in [-0.2, 0) is 11.2 Å². The number of hydrogen-bond acceptors (Lipinski definition) is 6. The first kappa shape index (κ1) is 21.5. The van der Waals surface area contributed by atoms with Gasteiger partial charge >= 0.3 is 0 Å². The average molecular weight is 453 g/mol. The summed E-state index contributed by atoms with van der Waals surface area (Å²) in [5.74, 6) is 1.16. The van der Waals surface area contributed by atoms with Crippen molar-refractivity contribution >= 4 is 27.5 Å². The van der Waals surface area contributed by atoms with E-state index < -0.39 is 4.92 Å². The van der Waals surface area contributed by atoms with Gasteiger partial charge in [-0.3, -0.25) is 14.9 Å². The van der Waals surface area contributed by atoms with Gasteiger partial charge in [-0.1, -0.05) is 22.0 Å². The number of carbonyl (C=O) groups excluding carboxylic acids is 1. The van der Waals surface area contributed by atoms with Crippen molar-refractivity contribution in [2.45, 2.75) is 12.8 Å². The number of ether oxygens (including phenoxy) is 3. The molecule has 0 aromatic heterocycles. The minimum absolute atomic E-state index is 0.0788. The smallest absolute Gasteiger partial charge is 0.276 e. The fourth-order valence-corrected chi connectivity index (χ4v) is 2.90. The lowest BCUT2D eigenvalue weighted by Gasteiger charge is -2.11. The summed E-state index contributed by atoms with van der Waals surface area (Å²) in [6.07, 6.45) is 0.468. The Morgan fingerprint density at radius 1 is 1.18 bits per heavy atom. The van der Waals surface area contributed by atoms with E-state index in [1.807, 2.05) is 18.2 Å². The third kappa shape index (κ3) is 6.12. The Labute approximate surface area is 171 Å². The topological polar surface area (TPSA) is 99.9 Å². The van der Waals surface area contributed by atoms with Crippen molar-refractivity contribution in [2.24, 2.45) is 0 Å². The number of hydrogen-bond donors (Lipinski definition) is 1. The van der Waals surface area contributed by atoms with Crippen LogP contribution in [0.15, 0.2) is 40.9 Å². The third-order valence-electron chi connectivity index (χ3n) is 3.89. The lowest BCUT2D eigenvalue weighted by atomic mass is 10.1. The molecule has 28 heavy (non-hydrogen) atoms. The van der Waals surface area contributed by atoms with Gasteiger partial charge in [-0.25, -0.2) is 0 Å². The molecule has 0 saturated heterocycles. The maximum atomic E-state index is 12.0. The van der Waals surface area contributed by atoms with Gasteiger partial charge in [0, 0.05) is 16.6 Å². The molecule has 1 amide bonds. The average Bonchev–Trinajstić information content (AvgIpc) is 2.67. The van der Waals surface area contributed by atoms with Gasteiger partial charge in [0.25, 0.3) is 5.69 Å². The minimum Gasteiger partial charge on any atom is -0.493 e. The van der Waals surface area contributed by atoms with E-state index >= 15 is 0 Å². The summed E-state index contributed by atoms with van der Waals surface area (Å²) in [5.41, 5.74) is 0.373. The molecule has 8 nitrogen and oxygen atoms in total. The summed E-state index contributed by atoms with van der Waals surface area (Å²) in [7, 11) is 2.87. The van der Waals surface area contributed by atoms with Crippen LogP contribution in [0.5, 0.6) is 17.2 Å². The van der Waals surface area contributed by atoms with Gasteiger partial charge in [-0.15, -0.1) is 0 Å². The monoisotopic (exact) mass is 452 g/mol. The van der Waals surface area contributed by atoms with Gasteiger partial charge in [0.15, 0.2) is 11.5 Å². The quantitative estimate of drug-likeness (QED) is 0.437. The van der Waals surface area contributed by atoms with Gasteiger partial charge in [0.05, 0.1) is 38.2 Å². The third-order valence-corrected chi connectivity index (χ3v) is 4.39. The summed E-state index contributed by atoms with van der Waals surface area (Å²) in [4.78, 5) is 22.8. The normalized spacial score (nSPS) is 10.2. The van der Waals surface area contributed by atoms with E-state index in [9.17, 15) is 14.9 Å². The van der Waals surface area contributed by atoms with Crippen molar-refractivity contribution < 1.29 is 23.9 Å². The molecule has 0 spiro atoms. The van der Waals surface area contributed by atoms with E-state index in [1.165, 1.54) is 20.3 Å². The van der Waals surface area contributed by atoms with Crippen LogP contribution >= 0.6 is 15.9 Å². The fraction of sp³-hybridized carbons (Fsp3) is 0.316. The number of nitrogens with one attached hydrogen (secondary N) is 1. The predicted molar refractivity (Wildman–Crippen MR) is 107 cm³/mol. The van der Waals surface area contributed by atoms with Crippen LogP contribution in [0.1, 0.15) is 12.0 Å².